The SMILES string of the molecule is C=NC(=NC(=N)c1ccccc1)c1cc(-c2ccccc2)cc(-c2ccc(-c3nc4cccnc4c4cnccc34)cc2)c1. The molecule has 0 spiro atoms. The molecule has 3 heterocycles. The van der Waals surface area contributed by atoms with E-state index in [4.69, 9.17) is 10.4 Å². The number of pyridine rings is 3. The fraction of sp³-hybridized carbons (Fsp3) is 0. The molecule has 0 aliphatic rings. The number of nitrogens with zero attached hydrogens (tertiary/aromatic N) is 5. The van der Waals surface area contributed by atoms with Crippen LogP contribution in [0.4, 0.5) is 0 Å². The number of nitrogens with one attached hydrogen (secondary N) is 1. The van der Waals surface area contributed by atoms with Crippen molar-refractivity contribution in [3.05, 3.63) is 151 Å². The fourth-order valence-electron chi connectivity index (χ4n) is 5.38. The molecule has 7 rings (SSSR count). The van der Waals surface area contributed by atoms with Gasteiger partial charge in [0.15, 0.2) is 11.7 Å². The Bertz CT molecular complexity index is 2190. The van der Waals surface area contributed by atoms with E-state index in [2.05, 4.69) is 69.1 Å². The number of hydrogen-bond donors (Lipinski definition) is 1. The van der Waals surface area contributed by atoms with Crippen molar-refractivity contribution in [1.29, 1.82) is 5.41 Å². The normalized spacial score (nSPS) is 11.5. The molecule has 6 nitrogen and oxygen atoms in total. The van der Waals surface area contributed by atoms with Gasteiger partial charge in [0.25, 0.3) is 0 Å². The van der Waals surface area contributed by atoms with Crippen molar-refractivity contribution < 1.29 is 0 Å². The molecule has 0 unspecified atom stereocenters. The Morgan fingerprint density at radius 2 is 1.30 bits per heavy atom. The molecule has 208 valence electrons. The van der Waals surface area contributed by atoms with Crippen molar-refractivity contribution in [2.75, 3.05) is 0 Å². The van der Waals surface area contributed by atoms with Gasteiger partial charge < -0.3 is 0 Å². The lowest BCUT2D eigenvalue weighted by molar-refractivity contribution is 1.32. The zero-order valence-corrected chi connectivity index (χ0v) is 23.7. The maximum Gasteiger partial charge on any atom is 0.161 e. The number of aromatic nitrogens is 3. The molecule has 3 aromatic heterocycles. The van der Waals surface area contributed by atoms with Crippen molar-refractivity contribution >= 4 is 40.2 Å². The van der Waals surface area contributed by atoms with Crippen LogP contribution in [0.15, 0.2) is 150 Å². The van der Waals surface area contributed by atoms with Crippen LogP contribution in [-0.4, -0.2) is 33.3 Å². The lowest BCUT2D eigenvalue weighted by Gasteiger charge is -2.12. The van der Waals surface area contributed by atoms with Crippen molar-refractivity contribution in [3.8, 4) is 33.5 Å². The zero-order valence-electron chi connectivity index (χ0n) is 23.7. The van der Waals surface area contributed by atoms with Gasteiger partial charge in [-0.3, -0.25) is 15.4 Å². The number of aliphatic imine (C=N–C) groups is 2. The van der Waals surface area contributed by atoms with Gasteiger partial charge in [0.2, 0.25) is 0 Å². The Morgan fingerprint density at radius 1 is 0.614 bits per heavy atom. The molecule has 0 radical (unpaired) electrons. The molecule has 4 aromatic carbocycles. The highest BCUT2D eigenvalue weighted by molar-refractivity contribution is 6.12. The third-order valence-electron chi connectivity index (χ3n) is 7.55. The van der Waals surface area contributed by atoms with E-state index < -0.39 is 0 Å². The van der Waals surface area contributed by atoms with E-state index in [0.29, 0.717) is 11.4 Å². The Hall–Kier alpha value is -6.14. The third-order valence-corrected chi connectivity index (χ3v) is 7.55. The maximum absolute atomic E-state index is 8.57. The number of rotatable bonds is 5. The van der Waals surface area contributed by atoms with Gasteiger partial charge in [0.05, 0.1) is 16.7 Å². The van der Waals surface area contributed by atoms with Crippen LogP contribution in [0.5, 0.6) is 0 Å². The predicted octanol–water partition coefficient (Wildman–Crippen LogP) is 8.65. The molecule has 1 N–H and O–H groups in total. The van der Waals surface area contributed by atoms with Crippen molar-refractivity contribution in [1.82, 2.24) is 15.0 Å². The largest absolute Gasteiger partial charge is 0.282 e. The average molecular weight is 567 g/mol. The summed E-state index contributed by atoms with van der Waals surface area (Å²) in [5, 5.41) is 10.6. The second kappa shape index (κ2) is 11.6. The summed E-state index contributed by atoms with van der Waals surface area (Å²) >= 11 is 0. The van der Waals surface area contributed by atoms with E-state index in [1.165, 1.54) is 0 Å². The van der Waals surface area contributed by atoms with Gasteiger partial charge in [-0.25, -0.2) is 15.0 Å². The average Bonchev–Trinajstić information content (AvgIpc) is 3.10. The number of hydrogen-bond acceptors (Lipinski definition) is 4. The van der Waals surface area contributed by atoms with Crippen LogP contribution in [0.2, 0.25) is 0 Å². The first-order valence-corrected chi connectivity index (χ1v) is 14.2. The summed E-state index contributed by atoms with van der Waals surface area (Å²) < 4.78 is 0. The standard InChI is InChI=1S/C38H26N6/c1-40-38(44-37(39)28-11-6-3-7-12-28)31-22-29(25-9-4-2-5-10-25)21-30(23-31)26-14-16-27(17-15-26)35-32-18-20-41-24-33(32)36-34(43-35)13-8-19-42-36/h2-24,39H,1H2. The molecule has 44 heavy (non-hydrogen) atoms. The molecule has 0 saturated heterocycles. The minimum atomic E-state index is 0.129. The Labute approximate surface area is 254 Å². The molecule has 0 aliphatic heterocycles. The summed E-state index contributed by atoms with van der Waals surface area (Å²) in [6.07, 6.45) is 5.42. The van der Waals surface area contributed by atoms with E-state index in [1.54, 1.807) is 12.4 Å². The van der Waals surface area contributed by atoms with Gasteiger partial charge in [0, 0.05) is 46.1 Å². The molecule has 0 saturated carbocycles. The predicted molar refractivity (Wildman–Crippen MR) is 181 cm³/mol. The van der Waals surface area contributed by atoms with Crippen LogP contribution in [0.3, 0.4) is 0 Å². The summed E-state index contributed by atoms with van der Waals surface area (Å²) in [6.45, 7) is 3.79. The zero-order chi connectivity index (χ0) is 29.9. The van der Waals surface area contributed by atoms with Gasteiger partial charge >= 0.3 is 0 Å². The summed E-state index contributed by atoms with van der Waals surface area (Å²) in [5.74, 6) is 0.521. The summed E-state index contributed by atoms with van der Waals surface area (Å²) in [7, 11) is 0. The first-order valence-electron chi connectivity index (χ1n) is 14.2. The lowest BCUT2D eigenvalue weighted by atomic mass is 9.94. The minimum Gasteiger partial charge on any atom is -0.282 e. The Balaban J connectivity index is 1.33. The third kappa shape index (κ3) is 5.16. The second-order valence-corrected chi connectivity index (χ2v) is 10.3. The van der Waals surface area contributed by atoms with Gasteiger partial charge in [0.1, 0.15) is 0 Å². The molecule has 0 aliphatic carbocycles. The highest BCUT2D eigenvalue weighted by atomic mass is 14.9. The maximum atomic E-state index is 8.57. The fourth-order valence-corrected chi connectivity index (χ4v) is 5.38. The molecular formula is C38H26N6. The van der Waals surface area contributed by atoms with Crippen molar-refractivity contribution in [2.24, 2.45) is 9.98 Å². The van der Waals surface area contributed by atoms with Crippen molar-refractivity contribution in [3.63, 3.8) is 0 Å². The highest BCUT2D eigenvalue weighted by Gasteiger charge is 2.14. The molecule has 7 aromatic rings. The first-order chi connectivity index (χ1) is 21.7. The smallest absolute Gasteiger partial charge is 0.161 e. The molecule has 0 fully saturated rings. The van der Waals surface area contributed by atoms with E-state index in [9.17, 15) is 0 Å². The Kier molecular flexibility index (Phi) is 7.06. The van der Waals surface area contributed by atoms with Gasteiger partial charge in [-0.05, 0) is 65.4 Å². The van der Waals surface area contributed by atoms with E-state index in [0.717, 1.165) is 60.9 Å². The quantitative estimate of drug-likeness (QED) is 0.128. The van der Waals surface area contributed by atoms with Crippen LogP contribution in [-0.2, 0) is 0 Å². The van der Waals surface area contributed by atoms with Crippen LogP contribution in [0.1, 0.15) is 11.1 Å². The summed E-state index contributed by atoms with van der Waals surface area (Å²) in [6, 6.07) is 40.2. The van der Waals surface area contributed by atoms with Crippen LogP contribution in [0.25, 0.3) is 55.3 Å². The topological polar surface area (TPSA) is 87.2 Å². The monoisotopic (exact) mass is 566 g/mol. The molecular weight excluding hydrogens is 540 g/mol. The van der Waals surface area contributed by atoms with Crippen molar-refractivity contribution in [2.45, 2.75) is 0 Å². The number of fused-ring (bicyclic) bond motifs is 3. The molecule has 0 bridgehead atoms. The number of benzene rings is 4. The van der Waals surface area contributed by atoms with E-state index in [1.807, 2.05) is 85.1 Å². The Morgan fingerprint density at radius 3 is 2.02 bits per heavy atom. The molecule has 0 atom stereocenters. The van der Waals surface area contributed by atoms with Crippen LogP contribution in [0, 0.1) is 5.41 Å². The van der Waals surface area contributed by atoms with Gasteiger partial charge in [-0.1, -0.05) is 84.9 Å². The summed E-state index contributed by atoms with van der Waals surface area (Å²) in [4.78, 5) is 22.7. The lowest BCUT2D eigenvalue weighted by Crippen LogP contribution is -2.04. The van der Waals surface area contributed by atoms with E-state index >= 15 is 0 Å². The highest BCUT2D eigenvalue weighted by Crippen LogP contribution is 2.34. The van der Waals surface area contributed by atoms with Gasteiger partial charge in [-0.2, -0.15) is 0 Å². The molecule has 6 heteroatoms. The molecule has 0 amide bonds. The van der Waals surface area contributed by atoms with E-state index in [-0.39, 0.29) is 5.84 Å². The summed E-state index contributed by atoms with van der Waals surface area (Å²) in [5.41, 5.74) is 9.18. The number of amidine groups is 2. The van der Waals surface area contributed by atoms with Crippen LogP contribution >= 0.6 is 0 Å². The second-order valence-electron chi connectivity index (χ2n) is 10.3. The first kappa shape index (κ1) is 26.7. The minimum absolute atomic E-state index is 0.129. The van der Waals surface area contributed by atoms with Gasteiger partial charge in [-0.15, -0.1) is 0 Å². The van der Waals surface area contributed by atoms with Crippen LogP contribution < -0.4 is 0 Å².